The summed E-state index contributed by atoms with van der Waals surface area (Å²) in [6.07, 6.45) is 0. The molecule has 0 saturated carbocycles. The molecule has 1 rings (SSSR count). The molecule has 0 fully saturated rings. The van der Waals surface area contributed by atoms with Crippen LogP contribution in [0, 0.1) is 18.8 Å². The Morgan fingerprint density at radius 3 is 2.47 bits per heavy atom. The number of nitrogens with one attached hydrogen (secondary N) is 1. The summed E-state index contributed by atoms with van der Waals surface area (Å²) in [5.74, 6) is 1.39. The van der Waals surface area contributed by atoms with Crippen molar-refractivity contribution in [2.45, 2.75) is 34.6 Å². The van der Waals surface area contributed by atoms with Gasteiger partial charge in [-0.05, 0) is 56.5 Å². The van der Waals surface area contributed by atoms with Crippen molar-refractivity contribution in [2.75, 3.05) is 31.1 Å². The maximum Gasteiger partial charge on any atom is 0.0368 e. The molecule has 0 bridgehead atoms. The summed E-state index contributed by atoms with van der Waals surface area (Å²) >= 11 is 0. The Morgan fingerprint density at radius 2 is 1.89 bits per heavy atom. The Balaban J connectivity index is 2.47. The average Bonchev–Trinajstić information content (AvgIpc) is 2.35. The minimum atomic E-state index is 0.666. The summed E-state index contributed by atoms with van der Waals surface area (Å²) in [6, 6.07) is 8.79. The fourth-order valence-corrected chi connectivity index (χ4v) is 2.30. The first-order chi connectivity index (χ1) is 9.02. The summed E-state index contributed by atoms with van der Waals surface area (Å²) in [5, 5.41) is 3.55. The molecule has 2 heteroatoms. The Morgan fingerprint density at radius 1 is 1.16 bits per heavy atom. The van der Waals surface area contributed by atoms with E-state index < -0.39 is 0 Å². The summed E-state index contributed by atoms with van der Waals surface area (Å²) in [7, 11) is 0. The number of aryl methyl sites for hydroxylation is 1. The fraction of sp³-hybridized carbons (Fsp3) is 0.647. The van der Waals surface area contributed by atoms with E-state index in [0.29, 0.717) is 5.92 Å². The Hall–Kier alpha value is -1.02. The second-order valence-electron chi connectivity index (χ2n) is 6.03. The number of rotatable bonds is 8. The summed E-state index contributed by atoms with van der Waals surface area (Å²) < 4.78 is 0. The van der Waals surface area contributed by atoms with E-state index in [0.717, 1.165) is 32.1 Å². The minimum Gasteiger partial charge on any atom is -0.371 e. The van der Waals surface area contributed by atoms with Gasteiger partial charge in [0.1, 0.15) is 0 Å². The van der Waals surface area contributed by atoms with E-state index in [2.05, 4.69) is 69.1 Å². The van der Waals surface area contributed by atoms with Crippen LogP contribution in [0.4, 0.5) is 5.69 Å². The maximum absolute atomic E-state index is 3.55. The molecule has 108 valence electrons. The third-order valence-corrected chi connectivity index (χ3v) is 3.33. The molecule has 2 nitrogen and oxygen atoms in total. The van der Waals surface area contributed by atoms with Gasteiger partial charge in [0, 0.05) is 18.8 Å². The van der Waals surface area contributed by atoms with Crippen molar-refractivity contribution in [1.82, 2.24) is 5.32 Å². The van der Waals surface area contributed by atoms with Crippen molar-refractivity contribution in [1.29, 1.82) is 0 Å². The molecule has 1 N–H and O–H groups in total. The minimum absolute atomic E-state index is 0.666. The standard InChI is InChI=1S/C17H30N2/c1-6-19(17-9-7-8-15(4)10-17)13-16(5)12-18-11-14(2)3/h7-10,14,16,18H,6,11-13H2,1-5H3. The van der Waals surface area contributed by atoms with Gasteiger partial charge in [0.25, 0.3) is 0 Å². The van der Waals surface area contributed by atoms with Gasteiger partial charge in [-0.3, -0.25) is 0 Å². The van der Waals surface area contributed by atoms with Crippen LogP contribution in [0.1, 0.15) is 33.3 Å². The molecule has 0 spiro atoms. The molecular weight excluding hydrogens is 232 g/mol. The molecule has 1 aromatic carbocycles. The molecule has 19 heavy (non-hydrogen) atoms. The SMILES string of the molecule is CCN(CC(C)CNCC(C)C)c1cccc(C)c1. The van der Waals surface area contributed by atoms with Gasteiger partial charge in [-0.25, -0.2) is 0 Å². The van der Waals surface area contributed by atoms with Crippen LogP contribution >= 0.6 is 0 Å². The van der Waals surface area contributed by atoms with Crippen molar-refractivity contribution in [3.05, 3.63) is 29.8 Å². The topological polar surface area (TPSA) is 15.3 Å². The maximum atomic E-state index is 3.55. The highest BCUT2D eigenvalue weighted by Gasteiger charge is 2.09. The Bertz CT molecular complexity index is 360. The second kappa shape index (κ2) is 8.21. The van der Waals surface area contributed by atoms with Crippen LogP contribution in [0.3, 0.4) is 0 Å². The third-order valence-electron chi connectivity index (χ3n) is 3.33. The lowest BCUT2D eigenvalue weighted by atomic mass is 10.1. The monoisotopic (exact) mass is 262 g/mol. The smallest absolute Gasteiger partial charge is 0.0368 e. The van der Waals surface area contributed by atoms with Crippen LogP contribution in [0.2, 0.25) is 0 Å². The van der Waals surface area contributed by atoms with Crippen LogP contribution in [-0.4, -0.2) is 26.2 Å². The van der Waals surface area contributed by atoms with Crippen molar-refractivity contribution in [2.24, 2.45) is 11.8 Å². The number of benzene rings is 1. The molecule has 0 saturated heterocycles. The first kappa shape index (κ1) is 16.0. The van der Waals surface area contributed by atoms with Gasteiger partial charge in [-0.15, -0.1) is 0 Å². The summed E-state index contributed by atoms with van der Waals surface area (Å²) in [5.41, 5.74) is 2.68. The molecule has 0 aliphatic rings. The highest BCUT2D eigenvalue weighted by Crippen LogP contribution is 2.17. The second-order valence-corrected chi connectivity index (χ2v) is 6.03. The highest BCUT2D eigenvalue weighted by molar-refractivity contribution is 5.48. The van der Waals surface area contributed by atoms with Gasteiger partial charge < -0.3 is 10.2 Å². The van der Waals surface area contributed by atoms with Crippen LogP contribution in [-0.2, 0) is 0 Å². The first-order valence-corrected chi connectivity index (χ1v) is 7.55. The zero-order chi connectivity index (χ0) is 14.3. The van der Waals surface area contributed by atoms with Gasteiger partial charge in [0.15, 0.2) is 0 Å². The molecular formula is C17H30N2. The Labute approximate surface area is 119 Å². The van der Waals surface area contributed by atoms with Crippen LogP contribution in [0.5, 0.6) is 0 Å². The zero-order valence-corrected chi connectivity index (χ0v) is 13.2. The van der Waals surface area contributed by atoms with Gasteiger partial charge >= 0.3 is 0 Å². The van der Waals surface area contributed by atoms with Crippen molar-refractivity contribution in [3.8, 4) is 0 Å². The predicted molar refractivity (Wildman–Crippen MR) is 85.9 cm³/mol. The van der Waals surface area contributed by atoms with Crippen LogP contribution in [0.25, 0.3) is 0 Å². The molecule has 1 unspecified atom stereocenters. The van der Waals surface area contributed by atoms with Crippen molar-refractivity contribution in [3.63, 3.8) is 0 Å². The number of hydrogen-bond acceptors (Lipinski definition) is 2. The number of hydrogen-bond donors (Lipinski definition) is 1. The molecule has 0 aliphatic carbocycles. The molecule has 0 aromatic heterocycles. The van der Waals surface area contributed by atoms with Gasteiger partial charge in [-0.1, -0.05) is 32.9 Å². The molecule has 0 aliphatic heterocycles. The van der Waals surface area contributed by atoms with Crippen molar-refractivity contribution < 1.29 is 0 Å². The third kappa shape index (κ3) is 6.11. The van der Waals surface area contributed by atoms with Crippen LogP contribution < -0.4 is 10.2 Å². The molecule has 1 aromatic rings. The normalized spacial score (nSPS) is 12.7. The van der Waals surface area contributed by atoms with E-state index in [1.165, 1.54) is 11.3 Å². The fourth-order valence-electron chi connectivity index (χ4n) is 2.30. The largest absolute Gasteiger partial charge is 0.371 e. The van der Waals surface area contributed by atoms with E-state index in [-0.39, 0.29) is 0 Å². The molecule has 0 heterocycles. The Kier molecular flexibility index (Phi) is 6.93. The number of anilines is 1. The van der Waals surface area contributed by atoms with E-state index >= 15 is 0 Å². The lowest BCUT2D eigenvalue weighted by Crippen LogP contribution is -2.34. The van der Waals surface area contributed by atoms with Gasteiger partial charge in [-0.2, -0.15) is 0 Å². The quantitative estimate of drug-likeness (QED) is 0.768. The van der Waals surface area contributed by atoms with Gasteiger partial charge in [0.2, 0.25) is 0 Å². The average molecular weight is 262 g/mol. The van der Waals surface area contributed by atoms with E-state index in [1.54, 1.807) is 0 Å². The summed E-state index contributed by atoms with van der Waals surface area (Å²) in [4.78, 5) is 2.47. The first-order valence-electron chi connectivity index (χ1n) is 7.55. The number of nitrogens with zero attached hydrogens (tertiary/aromatic N) is 1. The predicted octanol–water partition coefficient (Wildman–Crippen LogP) is 3.70. The van der Waals surface area contributed by atoms with Crippen LogP contribution in [0.15, 0.2) is 24.3 Å². The highest BCUT2D eigenvalue weighted by atomic mass is 15.1. The van der Waals surface area contributed by atoms with Gasteiger partial charge in [0.05, 0.1) is 0 Å². The molecule has 1 atom stereocenters. The summed E-state index contributed by atoms with van der Waals surface area (Å²) in [6.45, 7) is 15.6. The lowest BCUT2D eigenvalue weighted by molar-refractivity contribution is 0.472. The van der Waals surface area contributed by atoms with E-state index in [1.807, 2.05) is 0 Å². The molecule has 0 radical (unpaired) electrons. The van der Waals surface area contributed by atoms with E-state index in [9.17, 15) is 0 Å². The lowest BCUT2D eigenvalue weighted by Gasteiger charge is -2.27. The zero-order valence-electron chi connectivity index (χ0n) is 13.2. The molecule has 0 amide bonds. The van der Waals surface area contributed by atoms with E-state index in [4.69, 9.17) is 0 Å². The van der Waals surface area contributed by atoms with Crippen molar-refractivity contribution >= 4 is 5.69 Å².